The fraction of sp³-hybridized carbons (Fsp3) is 0.500. The van der Waals surface area contributed by atoms with Crippen LogP contribution in [0.1, 0.15) is 38.3 Å². The Labute approximate surface area is 145 Å². The number of hydrogen-bond donors (Lipinski definition) is 2. The summed E-state index contributed by atoms with van der Waals surface area (Å²) in [6.07, 6.45) is 5.25. The highest BCUT2D eigenvalue weighted by Gasteiger charge is 2.14. The Hall–Kier alpha value is -1.78. The number of rotatable bonds is 8. The van der Waals surface area contributed by atoms with Gasteiger partial charge in [0.2, 0.25) is 0 Å². The second-order valence-corrected chi connectivity index (χ2v) is 6.35. The number of nitrogens with one attached hydrogen (secondary N) is 2. The molecule has 4 nitrogen and oxygen atoms in total. The van der Waals surface area contributed by atoms with Crippen LogP contribution in [0.15, 0.2) is 41.6 Å². The van der Waals surface area contributed by atoms with Crippen molar-refractivity contribution in [3.63, 3.8) is 0 Å². The minimum absolute atomic E-state index is 0.473. The van der Waals surface area contributed by atoms with Crippen LogP contribution in [0.2, 0.25) is 0 Å². The van der Waals surface area contributed by atoms with Gasteiger partial charge in [-0.15, -0.1) is 0 Å². The Morgan fingerprint density at radius 1 is 1.33 bits per heavy atom. The molecule has 1 unspecified atom stereocenters. The molecule has 0 aliphatic carbocycles. The van der Waals surface area contributed by atoms with Crippen LogP contribution in [0.4, 0.5) is 0 Å². The Morgan fingerprint density at radius 3 is 2.79 bits per heavy atom. The molecule has 2 N–H and O–H groups in total. The molecule has 0 bridgehead atoms. The van der Waals surface area contributed by atoms with Crippen LogP contribution in [0, 0.1) is 0 Å². The SMILES string of the molecule is C/C=C\C(NCc1cc(CNC2CCOC2)ccc1OC)=C(C)C. The molecule has 24 heavy (non-hydrogen) atoms. The molecule has 2 rings (SSSR count). The van der Waals surface area contributed by atoms with E-state index in [1.807, 2.05) is 6.92 Å². The summed E-state index contributed by atoms with van der Waals surface area (Å²) in [4.78, 5) is 0. The molecular weight excluding hydrogens is 300 g/mol. The van der Waals surface area contributed by atoms with Gasteiger partial charge >= 0.3 is 0 Å². The maximum Gasteiger partial charge on any atom is 0.123 e. The zero-order valence-corrected chi connectivity index (χ0v) is 15.3. The summed E-state index contributed by atoms with van der Waals surface area (Å²) in [5.41, 5.74) is 4.87. The van der Waals surface area contributed by atoms with Gasteiger partial charge in [-0.05, 0) is 51.0 Å². The van der Waals surface area contributed by atoms with Crippen molar-refractivity contribution < 1.29 is 9.47 Å². The van der Waals surface area contributed by atoms with E-state index >= 15 is 0 Å². The molecule has 0 amide bonds. The van der Waals surface area contributed by atoms with E-state index in [9.17, 15) is 0 Å². The van der Waals surface area contributed by atoms with Crippen molar-refractivity contribution in [3.8, 4) is 5.75 Å². The molecule has 1 aliphatic heterocycles. The number of allylic oxidation sites excluding steroid dienone is 3. The van der Waals surface area contributed by atoms with Gasteiger partial charge in [-0.3, -0.25) is 0 Å². The molecule has 1 saturated heterocycles. The third-order valence-corrected chi connectivity index (χ3v) is 4.21. The van der Waals surface area contributed by atoms with Gasteiger partial charge in [0.15, 0.2) is 0 Å². The first kappa shape index (κ1) is 18.6. The Kier molecular flexibility index (Phi) is 7.35. The van der Waals surface area contributed by atoms with E-state index in [4.69, 9.17) is 9.47 Å². The van der Waals surface area contributed by atoms with Crippen molar-refractivity contribution in [1.82, 2.24) is 10.6 Å². The summed E-state index contributed by atoms with van der Waals surface area (Å²) in [5, 5.41) is 7.07. The number of ether oxygens (including phenoxy) is 2. The maximum atomic E-state index is 5.52. The van der Waals surface area contributed by atoms with Gasteiger partial charge in [0.1, 0.15) is 5.75 Å². The fourth-order valence-corrected chi connectivity index (χ4v) is 2.80. The van der Waals surface area contributed by atoms with Gasteiger partial charge in [-0.1, -0.05) is 17.7 Å². The molecule has 0 spiro atoms. The first-order valence-electron chi connectivity index (χ1n) is 8.65. The number of hydrogen-bond acceptors (Lipinski definition) is 4. The van der Waals surface area contributed by atoms with Crippen LogP contribution in [-0.4, -0.2) is 26.4 Å². The van der Waals surface area contributed by atoms with Gasteiger partial charge in [0.25, 0.3) is 0 Å². The second-order valence-electron chi connectivity index (χ2n) is 6.35. The summed E-state index contributed by atoms with van der Waals surface area (Å²) in [6, 6.07) is 6.86. The van der Waals surface area contributed by atoms with Gasteiger partial charge in [-0.25, -0.2) is 0 Å². The van der Waals surface area contributed by atoms with E-state index in [0.717, 1.165) is 44.2 Å². The first-order valence-corrected chi connectivity index (χ1v) is 8.65. The lowest BCUT2D eigenvalue weighted by Gasteiger charge is -2.15. The molecule has 1 atom stereocenters. The zero-order valence-electron chi connectivity index (χ0n) is 15.3. The second kappa shape index (κ2) is 9.50. The normalized spacial score (nSPS) is 17.2. The minimum atomic E-state index is 0.473. The van der Waals surface area contributed by atoms with Crippen LogP contribution in [0.3, 0.4) is 0 Å². The Balaban J connectivity index is 2.03. The Bertz CT molecular complexity index is 583. The van der Waals surface area contributed by atoms with E-state index in [0.29, 0.717) is 6.04 Å². The average molecular weight is 330 g/mol. The zero-order chi connectivity index (χ0) is 17.4. The highest BCUT2D eigenvalue weighted by molar-refractivity contribution is 5.38. The lowest BCUT2D eigenvalue weighted by molar-refractivity contribution is 0.190. The molecule has 1 heterocycles. The maximum absolute atomic E-state index is 5.52. The number of benzene rings is 1. The topological polar surface area (TPSA) is 42.5 Å². The van der Waals surface area contributed by atoms with Gasteiger partial charge in [0.05, 0.1) is 13.7 Å². The van der Waals surface area contributed by atoms with Crippen LogP contribution in [-0.2, 0) is 17.8 Å². The molecule has 0 saturated carbocycles. The summed E-state index contributed by atoms with van der Waals surface area (Å²) < 4.78 is 10.9. The van der Waals surface area contributed by atoms with Crippen molar-refractivity contribution in [2.24, 2.45) is 0 Å². The Morgan fingerprint density at radius 2 is 2.17 bits per heavy atom. The van der Waals surface area contributed by atoms with Crippen molar-refractivity contribution in [2.75, 3.05) is 20.3 Å². The van der Waals surface area contributed by atoms with Gasteiger partial charge in [-0.2, -0.15) is 0 Å². The highest BCUT2D eigenvalue weighted by atomic mass is 16.5. The molecule has 4 heteroatoms. The average Bonchev–Trinajstić information content (AvgIpc) is 3.10. The molecule has 0 aromatic heterocycles. The van der Waals surface area contributed by atoms with Crippen molar-refractivity contribution in [1.29, 1.82) is 0 Å². The van der Waals surface area contributed by atoms with Gasteiger partial charge in [0, 0.05) is 37.0 Å². The van der Waals surface area contributed by atoms with Gasteiger partial charge < -0.3 is 20.1 Å². The molecule has 1 fully saturated rings. The van der Waals surface area contributed by atoms with E-state index in [1.165, 1.54) is 16.7 Å². The third kappa shape index (κ3) is 5.39. The minimum Gasteiger partial charge on any atom is -0.496 e. The van der Waals surface area contributed by atoms with Crippen molar-refractivity contribution >= 4 is 0 Å². The van der Waals surface area contributed by atoms with Crippen molar-refractivity contribution in [2.45, 2.75) is 46.3 Å². The molecule has 1 aromatic rings. The molecular formula is C20H30N2O2. The molecule has 132 valence electrons. The largest absolute Gasteiger partial charge is 0.496 e. The van der Waals surface area contributed by atoms with Crippen LogP contribution in [0.25, 0.3) is 0 Å². The lowest BCUT2D eigenvalue weighted by Crippen LogP contribution is -2.28. The smallest absolute Gasteiger partial charge is 0.123 e. The summed E-state index contributed by atoms with van der Waals surface area (Å²) in [5.74, 6) is 0.920. The van der Waals surface area contributed by atoms with E-state index < -0.39 is 0 Å². The first-order chi connectivity index (χ1) is 11.6. The third-order valence-electron chi connectivity index (χ3n) is 4.21. The highest BCUT2D eigenvalue weighted by Crippen LogP contribution is 2.21. The van der Waals surface area contributed by atoms with E-state index in [-0.39, 0.29) is 0 Å². The van der Waals surface area contributed by atoms with Crippen molar-refractivity contribution in [3.05, 3.63) is 52.7 Å². The predicted molar refractivity (Wildman–Crippen MR) is 99.1 cm³/mol. The van der Waals surface area contributed by atoms with Crippen LogP contribution in [0.5, 0.6) is 5.75 Å². The lowest BCUT2D eigenvalue weighted by atomic mass is 10.1. The number of methoxy groups -OCH3 is 1. The van der Waals surface area contributed by atoms with Crippen LogP contribution >= 0.6 is 0 Å². The summed E-state index contributed by atoms with van der Waals surface area (Å²) in [6.45, 7) is 9.55. The van der Waals surface area contributed by atoms with E-state index in [2.05, 4.69) is 54.8 Å². The quantitative estimate of drug-likeness (QED) is 0.716. The molecule has 1 aromatic carbocycles. The fourth-order valence-electron chi connectivity index (χ4n) is 2.80. The monoisotopic (exact) mass is 330 g/mol. The molecule has 1 aliphatic rings. The standard InChI is InChI=1S/C20H30N2O2/c1-5-6-19(15(2)3)22-13-17-11-16(7-8-20(17)23-4)12-21-18-9-10-24-14-18/h5-8,11,18,21-22H,9-10,12-14H2,1-4H3/b6-5-. The molecule has 0 radical (unpaired) electrons. The summed E-state index contributed by atoms with van der Waals surface area (Å²) >= 11 is 0. The predicted octanol–water partition coefficient (Wildman–Crippen LogP) is 3.53. The summed E-state index contributed by atoms with van der Waals surface area (Å²) in [7, 11) is 1.72. The van der Waals surface area contributed by atoms with E-state index in [1.54, 1.807) is 7.11 Å². The van der Waals surface area contributed by atoms with Crippen LogP contribution < -0.4 is 15.4 Å².